The fourth-order valence-electron chi connectivity index (χ4n) is 3.94. The highest BCUT2D eigenvalue weighted by atomic mass is 16.3. The van der Waals surface area contributed by atoms with E-state index in [0.717, 1.165) is 19.5 Å². The third-order valence-electron chi connectivity index (χ3n) is 5.26. The minimum absolute atomic E-state index is 0.0481. The van der Waals surface area contributed by atoms with Crippen LogP contribution in [0.5, 0.6) is 0 Å². The fraction of sp³-hybridized carbons (Fsp3) is 0.400. The average Bonchev–Trinajstić information content (AvgIpc) is 3.03. The average molecular weight is 337 g/mol. The Labute approximate surface area is 147 Å². The Morgan fingerprint density at radius 3 is 2.80 bits per heavy atom. The van der Waals surface area contributed by atoms with E-state index in [1.54, 1.807) is 29.4 Å². The van der Waals surface area contributed by atoms with Gasteiger partial charge < -0.3 is 10.0 Å². The molecule has 0 saturated carbocycles. The van der Waals surface area contributed by atoms with Gasteiger partial charge in [-0.05, 0) is 36.1 Å². The molecule has 1 aromatic heterocycles. The van der Waals surface area contributed by atoms with Crippen LogP contribution in [0.1, 0.15) is 27.9 Å². The first-order chi connectivity index (χ1) is 12.1. The second kappa shape index (κ2) is 6.58. The number of aliphatic hydroxyl groups is 1. The maximum absolute atomic E-state index is 12.6. The number of amides is 1. The summed E-state index contributed by atoms with van der Waals surface area (Å²) in [6.07, 6.45) is 4.88. The van der Waals surface area contributed by atoms with Gasteiger partial charge in [-0.2, -0.15) is 0 Å². The van der Waals surface area contributed by atoms with Crippen LogP contribution in [0.15, 0.2) is 48.8 Å². The van der Waals surface area contributed by atoms with E-state index in [1.807, 2.05) is 0 Å². The molecule has 2 aromatic rings. The van der Waals surface area contributed by atoms with Crippen molar-refractivity contribution in [1.29, 1.82) is 0 Å². The largest absolute Gasteiger partial charge is 0.387 e. The van der Waals surface area contributed by atoms with Crippen LogP contribution < -0.4 is 0 Å². The number of hydrogen-bond donors (Lipinski definition) is 1. The number of pyridine rings is 1. The van der Waals surface area contributed by atoms with Gasteiger partial charge in [-0.3, -0.25) is 14.7 Å². The molecule has 0 bridgehead atoms. The lowest BCUT2D eigenvalue weighted by Gasteiger charge is -2.34. The summed E-state index contributed by atoms with van der Waals surface area (Å²) >= 11 is 0. The number of carbonyl (C=O) groups is 1. The van der Waals surface area contributed by atoms with Gasteiger partial charge >= 0.3 is 0 Å². The lowest BCUT2D eigenvalue weighted by molar-refractivity contribution is 0.00805. The molecule has 1 atom stereocenters. The van der Waals surface area contributed by atoms with Crippen molar-refractivity contribution in [2.24, 2.45) is 0 Å². The molecule has 5 heteroatoms. The molecule has 2 aliphatic rings. The molecule has 2 aliphatic heterocycles. The summed E-state index contributed by atoms with van der Waals surface area (Å²) in [6, 6.07) is 12.0. The van der Waals surface area contributed by atoms with Crippen molar-refractivity contribution in [3.63, 3.8) is 0 Å². The Balaban J connectivity index is 1.40. The number of benzene rings is 1. The quantitative estimate of drug-likeness (QED) is 0.926. The first kappa shape index (κ1) is 16.2. The van der Waals surface area contributed by atoms with Crippen LogP contribution in [-0.4, -0.2) is 57.6 Å². The molecule has 1 N–H and O–H groups in total. The lowest BCUT2D eigenvalue weighted by Crippen LogP contribution is -2.47. The van der Waals surface area contributed by atoms with Crippen LogP contribution in [0.3, 0.4) is 0 Å². The maximum Gasteiger partial charge on any atom is 0.255 e. The van der Waals surface area contributed by atoms with Crippen molar-refractivity contribution >= 4 is 5.91 Å². The summed E-state index contributed by atoms with van der Waals surface area (Å²) in [4.78, 5) is 20.6. The van der Waals surface area contributed by atoms with Crippen molar-refractivity contribution in [3.8, 4) is 0 Å². The van der Waals surface area contributed by atoms with Crippen LogP contribution in [0.2, 0.25) is 0 Å². The van der Waals surface area contributed by atoms with E-state index in [0.29, 0.717) is 31.6 Å². The normalized spacial score (nSPS) is 23.5. The smallest absolute Gasteiger partial charge is 0.255 e. The van der Waals surface area contributed by atoms with Crippen molar-refractivity contribution in [2.45, 2.75) is 25.0 Å². The highest BCUT2D eigenvalue weighted by molar-refractivity contribution is 5.94. The zero-order valence-electron chi connectivity index (χ0n) is 14.3. The van der Waals surface area contributed by atoms with Gasteiger partial charge in [0.1, 0.15) is 0 Å². The molecular formula is C20H23N3O2. The van der Waals surface area contributed by atoms with E-state index in [1.165, 1.54) is 11.1 Å². The van der Waals surface area contributed by atoms with Crippen molar-refractivity contribution in [3.05, 3.63) is 65.5 Å². The van der Waals surface area contributed by atoms with Gasteiger partial charge in [0, 0.05) is 38.6 Å². The van der Waals surface area contributed by atoms with Crippen LogP contribution in [-0.2, 0) is 13.0 Å². The monoisotopic (exact) mass is 337 g/mol. The van der Waals surface area contributed by atoms with E-state index in [9.17, 15) is 9.90 Å². The predicted molar refractivity (Wildman–Crippen MR) is 95.1 cm³/mol. The second-order valence-corrected chi connectivity index (χ2v) is 7.17. The topological polar surface area (TPSA) is 56.7 Å². The Morgan fingerprint density at radius 2 is 2.00 bits per heavy atom. The number of rotatable bonds is 3. The van der Waals surface area contributed by atoms with Gasteiger partial charge in [-0.15, -0.1) is 0 Å². The molecule has 0 radical (unpaired) electrons. The molecule has 1 amide bonds. The number of carbonyl (C=O) groups excluding carboxylic acids is 1. The van der Waals surface area contributed by atoms with Gasteiger partial charge in [-0.25, -0.2) is 0 Å². The summed E-state index contributed by atoms with van der Waals surface area (Å²) in [5.74, 6) is -0.0481. The SMILES string of the molecule is O=C(c1cccnc1)N1CC[C@@](O)(CN2CCc3ccccc3C2)C1. The number of likely N-dealkylation sites (tertiary alicyclic amines) is 1. The van der Waals surface area contributed by atoms with Crippen LogP contribution in [0, 0.1) is 0 Å². The van der Waals surface area contributed by atoms with E-state index in [2.05, 4.69) is 34.1 Å². The zero-order valence-corrected chi connectivity index (χ0v) is 14.3. The molecule has 0 unspecified atom stereocenters. The van der Waals surface area contributed by atoms with Gasteiger partial charge in [-0.1, -0.05) is 24.3 Å². The van der Waals surface area contributed by atoms with E-state index < -0.39 is 5.60 Å². The molecule has 25 heavy (non-hydrogen) atoms. The Bertz CT molecular complexity index is 765. The Morgan fingerprint density at radius 1 is 1.16 bits per heavy atom. The Kier molecular flexibility index (Phi) is 4.27. The number of nitrogens with zero attached hydrogens (tertiary/aromatic N) is 3. The molecule has 0 spiro atoms. The molecule has 1 saturated heterocycles. The third-order valence-corrected chi connectivity index (χ3v) is 5.26. The van der Waals surface area contributed by atoms with Gasteiger partial charge in [0.25, 0.3) is 5.91 Å². The van der Waals surface area contributed by atoms with Gasteiger partial charge in [0.15, 0.2) is 0 Å². The standard InChI is InChI=1S/C20H23N3O2/c24-19(17-6-3-9-21-12-17)23-11-8-20(25,15-23)14-22-10-7-16-4-1-2-5-18(16)13-22/h1-6,9,12,25H,7-8,10-11,13-15H2/t20-/m1/s1. The summed E-state index contributed by atoms with van der Waals surface area (Å²) in [6.45, 7) is 3.41. The van der Waals surface area contributed by atoms with Crippen LogP contribution in [0.25, 0.3) is 0 Å². The molecular weight excluding hydrogens is 314 g/mol. The van der Waals surface area contributed by atoms with Gasteiger partial charge in [0.2, 0.25) is 0 Å². The van der Waals surface area contributed by atoms with E-state index in [4.69, 9.17) is 0 Å². The van der Waals surface area contributed by atoms with Crippen LogP contribution >= 0.6 is 0 Å². The first-order valence-electron chi connectivity index (χ1n) is 8.84. The van der Waals surface area contributed by atoms with E-state index in [-0.39, 0.29) is 5.91 Å². The van der Waals surface area contributed by atoms with E-state index >= 15 is 0 Å². The molecule has 4 rings (SSSR count). The van der Waals surface area contributed by atoms with Crippen molar-refractivity contribution < 1.29 is 9.90 Å². The van der Waals surface area contributed by atoms with Gasteiger partial charge in [0.05, 0.1) is 17.7 Å². The number of fused-ring (bicyclic) bond motifs is 1. The molecule has 5 nitrogen and oxygen atoms in total. The number of β-amino-alcohol motifs (C(OH)–C–C–N with tert-alkyl or cyclic N) is 1. The molecule has 1 fully saturated rings. The second-order valence-electron chi connectivity index (χ2n) is 7.17. The fourth-order valence-corrected chi connectivity index (χ4v) is 3.94. The summed E-state index contributed by atoms with van der Waals surface area (Å²) < 4.78 is 0. The Hall–Kier alpha value is -2.24. The summed E-state index contributed by atoms with van der Waals surface area (Å²) in [5, 5.41) is 11.0. The molecule has 0 aliphatic carbocycles. The maximum atomic E-state index is 12.6. The molecule has 1 aromatic carbocycles. The summed E-state index contributed by atoms with van der Waals surface area (Å²) in [5.41, 5.74) is 2.51. The zero-order chi connectivity index (χ0) is 17.3. The highest BCUT2D eigenvalue weighted by Gasteiger charge is 2.40. The van der Waals surface area contributed by atoms with Crippen molar-refractivity contribution in [2.75, 3.05) is 26.2 Å². The predicted octanol–water partition coefficient (Wildman–Crippen LogP) is 1.72. The number of aromatic nitrogens is 1. The first-order valence-corrected chi connectivity index (χ1v) is 8.84. The number of hydrogen-bond acceptors (Lipinski definition) is 4. The minimum Gasteiger partial charge on any atom is -0.387 e. The van der Waals surface area contributed by atoms with Crippen LogP contribution in [0.4, 0.5) is 0 Å². The van der Waals surface area contributed by atoms with Crippen molar-refractivity contribution in [1.82, 2.24) is 14.8 Å². The molecule has 3 heterocycles. The minimum atomic E-state index is -0.829. The lowest BCUT2D eigenvalue weighted by atomic mass is 9.97. The third kappa shape index (κ3) is 3.43. The summed E-state index contributed by atoms with van der Waals surface area (Å²) in [7, 11) is 0. The highest BCUT2D eigenvalue weighted by Crippen LogP contribution is 2.27. The molecule has 130 valence electrons.